The van der Waals surface area contributed by atoms with E-state index in [1.54, 1.807) is 0 Å². The third-order valence-corrected chi connectivity index (χ3v) is 3.85. The lowest BCUT2D eigenvalue weighted by Gasteiger charge is -2.26. The van der Waals surface area contributed by atoms with Gasteiger partial charge >= 0.3 is 0 Å². The van der Waals surface area contributed by atoms with E-state index in [4.69, 9.17) is 4.74 Å². The van der Waals surface area contributed by atoms with Crippen molar-refractivity contribution in [3.8, 4) is 0 Å². The molecule has 2 aliphatic rings. The van der Waals surface area contributed by atoms with Crippen LogP contribution in [0.3, 0.4) is 0 Å². The second-order valence-corrected chi connectivity index (χ2v) is 5.54. The molecule has 2 rings (SSSR count). The van der Waals surface area contributed by atoms with Gasteiger partial charge in [-0.1, -0.05) is 6.42 Å². The zero-order valence-corrected chi connectivity index (χ0v) is 11.8. The number of carbonyl (C=O) groups is 1. The van der Waals surface area contributed by atoms with Gasteiger partial charge in [0.1, 0.15) is 0 Å². The molecule has 0 aromatic carbocycles. The summed E-state index contributed by atoms with van der Waals surface area (Å²) in [6.45, 7) is 6.64. The number of rotatable bonds is 6. The van der Waals surface area contributed by atoms with Crippen molar-refractivity contribution in [3.63, 3.8) is 0 Å². The quantitative estimate of drug-likeness (QED) is 0.684. The molecule has 2 aliphatic heterocycles. The molecule has 0 aromatic heterocycles. The first kappa shape index (κ1) is 14.8. The van der Waals surface area contributed by atoms with E-state index in [-0.39, 0.29) is 11.9 Å². The van der Waals surface area contributed by atoms with Gasteiger partial charge in [-0.15, -0.1) is 0 Å². The van der Waals surface area contributed by atoms with Gasteiger partial charge in [-0.3, -0.25) is 4.79 Å². The van der Waals surface area contributed by atoms with Gasteiger partial charge in [0.25, 0.3) is 0 Å². The maximum absolute atomic E-state index is 11.7. The van der Waals surface area contributed by atoms with Gasteiger partial charge in [-0.05, 0) is 38.9 Å². The van der Waals surface area contributed by atoms with E-state index in [1.807, 2.05) is 0 Å². The smallest absolute Gasteiger partial charge is 0.221 e. The van der Waals surface area contributed by atoms with Crippen molar-refractivity contribution in [1.29, 1.82) is 0 Å². The van der Waals surface area contributed by atoms with Crippen molar-refractivity contribution in [1.82, 2.24) is 15.5 Å². The molecule has 1 unspecified atom stereocenters. The van der Waals surface area contributed by atoms with Crippen LogP contribution in [-0.2, 0) is 9.53 Å². The Morgan fingerprint density at radius 3 is 2.89 bits per heavy atom. The number of ether oxygens (including phenoxy) is 1. The summed E-state index contributed by atoms with van der Waals surface area (Å²) in [5, 5.41) is 6.31. The third-order valence-electron chi connectivity index (χ3n) is 3.85. The highest BCUT2D eigenvalue weighted by molar-refractivity contribution is 5.76. The fraction of sp³-hybridized carbons (Fsp3) is 0.929. The van der Waals surface area contributed by atoms with Gasteiger partial charge in [0.05, 0.1) is 13.2 Å². The topological polar surface area (TPSA) is 53.6 Å². The van der Waals surface area contributed by atoms with Crippen LogP contribution in [0.25, 0.3) is 0 Å². The maximum atomic E-state index is 11.7. The first-order chi connectivity index (χ1) is 9.34. The summed E-state index contributed by atoms with van der Waals surface area (Å²) in [6, 6.07) is 0.191. The van der Waals surface area contributed by atoms with Crippen LogP contribution in [-0.4, -0.2) is 62.8 Å². The van der Waals surface area contributed by atoms with Crippen molar-refractivity contribution < 1.29 is 9.53 Å². The van der Waals surface area contributed by atoms with E-state index in [1.165, 1.54) is 32.4 Å². The van der Waals surface area contributed by atoms with Gasteiger partial charge in [0.15, 0.2) is 0 Å². The lowest BCUT2D eigenvalue weighted by molar-refractivity contribution is -0.122. The Balaban J connectivity index is 1.48. The molecule has 0 saturated carbocycles. The Hall–Kier alpha value is -0.650. The highest BCUT2D eigenvalue weighted by Crippen LogP contribution is 2.08. The summed E-state index contributed by atoms with van der Waals surface area (Å²) in [6.07, 6.45) is 5.63. The molecule has 19 heavy (non-hydrogen) atoms. The van der Waals surface area contributed by atoms with E-state index in [9.17, 15) is 4.79 Å². The van der Waals surface area contributed by atoms with Crippen LogP contribution < -0.4 is 10.6 Å². The Morgan fingerprint density at radius 2 is 2.16 bits per heavy atom. The molecule has 5 nitrogen and oxygen atoms in total. The molecule has 0 aromatic rings. The Kier molecular flexibility index (Phi) is 6.61. The van der Waals surface area contributed by atoms with E-state index in [0.717, 1.165) is 32.7 Å². The second kappa shape index (κ2) is 8.51. The van der Waals surface area contributed by atoms with Crippen LogP contribution in [0.15, 0.2) is 0 Å². The van der Waals surface area contributed by atoms with E-state index < -0.39 is 0 Å². The molecular weight excluding hydrogens is 242 g/mol. The Labute approximate surface area is 116 Å². The van der Waals surface area contributed by atoms with Crippen LogP contribution >= 0.6 is 0 Å². The second-order valence-electron chi connectivity index (χ2n) is 5.54. The van der Waals surface area contributed by atoms with Crippen molar-refractivity contribution in [2.24, 2.45) is 0 Å². The van der Waals surface area contributed by atoms with E-state index in [2.05, 4.69) is 15.5 Å². The maximum Gasteiger partial charge on any atom is 0.221 e. The highest BCUT2D eigenvalue weighted by Gasteiger charge is 2.16. The standard InChI is InChI=1S/C14H27N3O2/c18-14(11-13-12-19-10-6-15-13)16-5-4-9-17-7-2-1-3-8-17/h13,15H,1-12H2,(H,16,18). The lowest BCUT2D eigenvalue weighted by Crippen LogP contribution is -2.44. The number of nitrogens with zero attached hydrogens (tertiary/aromatic N) is 1. The average Bonchev–Trinajstić information content (AvgIpc) is 2.46. The minimum Gasteiger partial charge on any atom is -0.378 e. The largest absolute Gasteiger partial charge is 0.378 e. The molecule has 2 N–H and O–H groups in total. The molecule has 2 saturated heterocycles. The van der Waals surface area contributed by atoms with Gasteiger partial charge in [-0.2, -0.15) is 0 Å². The summed E-state index contributed by atoms with van der Waals surface area (Å²) in [7, 11) is 0. The van der Waals surface area contributed by atoms with Crippen LogP contribution in [0.4, 0.5) is 0 Å². The van der Waals surface area contributed by atoms with Crippen LogP contribution in [0.5, 0.6) is 0 Å². The Morgan fingerprint density at radius 1 is 1.32 bits per heavy atom. The molecule has 0 spiro atoms. The summed E-state index contributed by atoms with van der Waals surface area (Å²) in [5.41, 5.74) is 0. The average molecular weight is 269 g/mol. The van der Waals surface area contributed by atoms with Crippen LogP contribution in [0, 0.1) is 0 Å². The van der Waals surface area contributed by atoms with Gasteiger partial charge in [0, 0.05) is 25.6 Å². The summed E-state index contributed by atoms with van der Waals surface area (Å²) >= 11 is 0. The predicted octanol–water partition coefficient (Wildman–Crippen LogP) is 0.357. The van der Waals surface area contributed by atoms with Gasteiger partial charge < -0.3 is 20.3 Å². The van der Waals surface area contributed by atoms with Crippen molar-refractivity contribution in [2.75, 3.05) is 45.9 Å². The molecular formula is C14H27N3O2. The summed E-state index contributed by atoms with van der Waals surface area (Å²) < 4.78 is 5.34. The van der Waals surface area contributed by atoms with Gasteiger partial charge in [0.2, 0.25) is 5.91 Å². The van der Waals surface area contributed by atoms with Crippen molar-refractivity contribution in [2.45, 2.75) is 38.1 Å². The molecule has 0 radical (unpaired) electrons. The number of piperidine rings is 1. The first-order valence-electron chi connectivity index (χ1n) is 7.65. The molecule has 0 aliphatic carbocycles. The first-order valence-corrected chi connectivity index (χ1v) is 7.65. The normalized spacial score (nSPS) is 25.2. The molecule has 0 bridgehead atoms. The monoisotopic (exact) mass is 269 g/mol. The van der Waals surface area contributed by atoms with Gasteiger partial charge in [-0.25, -0.2) is 0 Å². The van der Waals surface area contributed by atoms with E-state index >= 15 is 0 Å². The fourth-order valence-electron chi connectivity index (χ4n) is 2.76. The molecule has 110 valence electrons. The SMILES string of the molecule is O=C(CC1COCCN1)NCCCN1CCCCC1. The lowest BCUT2D eigenvalue weighted by atomic mass is 10.1. The van der Waals surface area contributed by atoms with Crippen molar-refractivity contribution >= 4 is 5.91 Å². The minimum absolute atomic E-state index is 0.140. The minimum atomic E-state index is 0.140. The molecule has 2 heterocycles. The molecule has 1 atom stereocenters. The zero-order valence-electron chi connectivity index (χ0n) is 11.8. The molecule has 2 fully saturated rings. The van der Waals surface area contributed by atoms with E-state index in [0.29, 0.717) is 13.0 Å². The number of morpholine rings is 1. The van der Waals surface area contributed by atoms with Crippen LogP contribution in [0.1, 0.15) is 32.1 Å². The summed E-state index contributed by atoms with van der Waals surface area (Å²) in [5.74, 6) is 0.140. The number of hydrogen-bond acceptors (Lipinski definition) is 4. The highest BCUT2D eigenvalue weighted by atomic mass is 16.5. The number of carbonyl (C=O) groups excluding carboxylic acids is 1. The number of hydrogen-bond donors (Lipinski definition) is 2. The number of amides is 1. The van der Waals surface area contributed by atoms with Crippen molar-refractivity contribution in [3.05, 3.63) is 0 Å². The Bertz CT molecular complexity index is 261. The zero-order chi connectivity index (χ0) is 13.3. The fourth-order valence-corrected chi connectivity index (χ4v) is 2.76. The predicted molar refractivity (Wildman–Crippen MR) is 75.1 cm³/mol. The number of likely N-dealkylation sites (tertiary alicyclic amines) is 1. The number of nitrogens with one attached hydrogen (secondary N) is 2. The van der Waals surface area contributed by atoms with Crippen LogP contribution in [0.2, 0.25) is 0 Å². The molecule has 5 heteroatoms. The summed E-state index contributed by atoms with van der Waals surface area (Å²) in [4.78, 5) is 14.2. The molecule has 1 amide bonds. The third kappa shape index (κ3) is 5.89.